The number of ketones is 1. The van der Waals surface area contributed by atoms with Crippen molar-refractivity contribution < 1.29 is 14.3 Å². The first kappa shape index (κ1) is 23.7. The summed E-state index contributed by atoms with van der Waals surface area (Å²) in [6.45, 7) is 16.8. The van der Waals surface area contributed by atoms with Gasteiger partial charge in [-0.05, 0) is 104 Å². The first-order chi connectivity index (χ1) is 14.3. The quantitative estimate of drug-likeness (QED) is 0.500. The smallest absolute Gasteiger partial charge is 0.192 e. The van der Waals surface area contributed by atoms with Crippen molar-refractivity contribution in [1.82, 2.24) is 0 Å². The number of allylic oxidation sites excluding steroid dienone is 1. The van der Waals surface area contributed by atoms with E-state index in [1.54, 1.807) is 0 Å². The monoisotopic (exact) mass is 446 g/mol. The second kappa shape index (κ2) is 7.80. The molecule has 0 radical (unpaired) electrons. The second-order valence-electron chi connectivity index (χ2n) is 13.3. The van der Waals surface area contributed by atoms with Crippen molar-refractivity contribution in [1.29, 1.82) is 0 Å². The maximum atomic E-state index is 12.1. The SMILES string of the molecule is CC(C)(C)[Si](C)(C)OCC(O)[C@H]1CC[C@H]2[C@@H]3CCC4=CC(=O)CC[C@]4(C)[C@H]3CC[C@]12C. The summed E-state index contributed by atoms with van der Waals surface area (Å²) in [5, 5.41) is 11.5. The number of aliphatic hydroxyl groups is 1. The number of hydrogen-bond acceptors (Lipinski definition) is 3. The summed E-state index contributed by atoms with van der Waals surface area (Å²) in [6, 6.07) is 0. The van der Waals surface area contributed by atoms with Gasteiger partial charge in [-0.3, -0.25) is 4.79 Å². The van der Waals surface area contributed by atoms with E-state index in [-0.39, 0.29) is 22.0 Å². The lowest BCUT2D eigenvalue weighted by Gasteiger charge is -2.58. The standard InChI is InChI=1S/C27H46O3Si/c1-25(2,3)31(6,7)30-17-24(29)23-11-10-21-20-9-8-18-16-19(28)12-14-26(18,4)22(20)13-15-27(21,23)5/h16,20-24,29H,8-15,17H2,1-7H3/t20-,21-,22-,23+,24?,26-,27-/m0/s1. The van der Waals surface area contributed by atoms with Gasteiger partial charge in [-0.2, -0.15) is 0 Å². The van der Waals surface area contributed by atoms with Crippen LogP contribution in [0.2, 0.25) is 18.1 Å². The van der Waals surface area contributed by atoms with Gasteiger partial charge < -0.3 is 9.53 Å². The van der Waals surface area contributed by atoms with Gasteiger partial charge >= 0.3 is 0 Å². The first-order valence-corrected chi connectivity index (χ1v) is 15.8. The van der Waals surface area contributed by atoms with Gasteiger partial charge in [0.1, 0.15) is 0 Å². The molecule has 31 heavy (non-hydrogen) atoms. The molecule has 0 aliphatic heterocycles. The van der Waals surface area contributed by atoms with E-state index in [1.165, 1.54) is 31.3 Å². The van der Waals surface area contributed by atoms with Crippen LogP contribution < -0.4 is 0 Å². The molecule has 0 aromatic heterocycles. The molecule has 176 valence electrons. The largest absolute Gasteiger partial charge is 0.414 e. The minimum atomic E-state index is -1.84. The Morgan fingerprint density at radius 1 is 1.10 bits per heavy atom. The molecule has 4 aliphatic rings. The van der Waals surface area contributed by atoms with E-state index in [9.17, 15) is 9.90 Å². The van der Waals surface area contributed by atoms with Gasteiger partial charge in [0.2, 0.25) is 0 Å². The van der Waals surface area contributed by atoms with Crippen LogP contribution in [0.3, 0.4) is 0 Å². The summed E-state index contributed by atoms with van der Waals surface area (Å²) in [4.78, 5) is 12.1. The zero-order valence-electron chi connectivity index (χ0n) is 21.1. The van der Waals surface area contributed by atoms with Crippen molar-refractivity contribution in [3.8, 4) is 0 Å². The molecule has 0 saturated heterocycles. The Kier molecular flexibility index (Phi) is 5.97. The molecular formula is C27H46O3Si. The van der Waals surface area contributed by atoms with Crippen molar-refractivity contribution >= 4 is 14.1 Å². The number of hydrogen-bond donors (Lipinski definition) is 1. The average molecular weight is 447 g/mol. The molecule has 1 unspecified atom stereocenters. The zero-order valence-corrected chi connectivity index (χ0v) is 22.1. The van der Waals surface area contributed by atoms with Crippen LogP contribution in [0.15, 0.2) is 11.6 Å². The molecular weight excluding hydrogens is 400 g/mol. The van der Waals surface area contributed by atoms with Gasteiger partial charge in [0.25, 0.3) is 0 Å². The highest BCUT2D eigenvalue weighted by Gasteiger charge is 2.60. The Morgan fingerprint density at radius 2 is 1.81 bits per heavy atom. The summed E-state index contributed by atoms with van der Waals surface area (Å²) in [5.41, 5.74) is 1.92. The topological polar surface area (TPSA) is 46.5 Å². The number of carbonyl (C=O) groups is 1. The molecule has 7 atom stereocenters. The normalized spacial score (nSPS) is 41.8. The van der Waals surface area contributed by atoms with Crippen molar-refractivity contribution in [2.75, 3.05) is 6.61 Å². The number of carbonyl (C=O) groups excluding carboxylic acids is 1. The molecule has 4 rings (SSSR count). The van der Waals surface area contributed by atoms with Crippen LogP contribution in [0, 0.1) is 34.5 Å². The average Bonchev–Trinajstić information content (AvgIpc) is 3.03. The number of aliphatic hydroxyl groups excluding tert-OH is 1. The molecule has 0 amide bonds. The van der Waals surface area contributed by atoms with E-state index in [2.05, 4.69) is 47.7 Å². The van der Waals surface area contributed by atoms with E-state index in [0.717, 1.165) is 43.4 Å². The van der Waals surface area contributed by atoms with Crippen molar-refractivity contribution in [2.24, 2.45) is 34.5 Å². The highest BCUT2D eigenvalue weighted by atomic mass is 28.4. The molecule has 1 N–H and O–H groups in total. The Hall–Kier alpha value is -0.453. The van der Waals surface area contributed by atoms with Gasteiger partial charge in [0.05, 0.1) is 12.7 Å². The number of fused-ring (bicyclic) bond motifs is 5. The van der Waals surface area contributed by atoms with Gasteiger partial charge in [0, 0.05) is 6.42 Å². The van der Waals surface area contributed by atoms with Crippen LogP contribution in [0.1, 0.15) is 86.0 Å². The fraction of sp³-hybridized carbons (Fsp3) is 0.889. The Balaban J connectivity index is 1.48. The molecule has 4 heteroatoms. The zero-order chi connectivity index (χ0) is 22.8. The summed E-state index contributed by atoms with van der Waals surface area (Å²) >= 11 is 0. The van der Waals surface area contributed by atoms with Crippen LogP contribution in [0.5, 0.6) is 0 Å². The molecule has 0 bridgehead atoms. The highest BCUT2D eigenvalue weighted by molar-refractivity contribution is 6.74. The van der Waals surface area contributed by atoms with E-state index in [0.29, 0.717) is 18.3 Å². The lowest BCUT2D eigenvalue weighted by molar-refractivity contribution is -0.118. The summed E-state index contributed by atoms with van der Waals surface area (Å²) < 4.78 is 6.45. The predicted octanol–water partition coefficient (Wildman–Crippen LogP) is 6.52. The van der Waals surface area contributed by atoms with Crippen molar-refractivity contribution in [3.05, 3.63) is 11.6 Å². The third kappa shape index (κ3) is 3.83. The Morgan fingerprint density at radius 3 is 2.48 bits per heavy atom. The van der Waals surface area contributed by atoms with Gasteiger partial charge in [0.15, 0.2) is 14.1 Å². The molecule has 3 fully saturated rings. The fourth-order valence-electron chi connectivity index (χ4n) is 7.86. The summed E-state index contributed by atoms with van der Waals surface area (Å²) in [6.07, 6.45) is 10.7. The lowest BCUT2D eigenvalue weighted by atomic mass is 9.46. The van der Waals surface area contributed by atoms with Crippen LogP contribution in [-0.2, 0) is 9.22 Å². The molecule has 0 heterocycles. The molecule has 0 aromatic carbocycles. The Labute approximate surface area is 191 Å². The van der Waals surface area contributed by atoms with E-state index in [1.807, 2.05) is 6.08 Å². The van der Waals surface area contributed by atoms with Gasteiger partial charge in [-0.1, -0.05) is 40.2 Å². The lowest BCUT2D eigenvalue weighted by Crippen LogP contribution is -2.52. The molecule has 0 spiro atoms. The van der Waals surface area contributed by atoms with Crippen LogP contribution in [-0.4, -0.2) is 31.9 Å². The minimum Gasteiger partial charge on any atom is -0.414 e. The molecule has 3 saturated carbocycles. The summed E-state index contributed by atoms with van der Waals surface area (Å²) in [5.74, 6) is 2.90. The van der Waals surface area contributed by atoms with Crippen LogP contribution >= 0.6 is 0 Å². The summed E-state index contributed by atoms with van der Waals surface area (Å²) in [7, 11) is -1.84. The first-order valence-electron chi connectivity index (χ1n) is 12.9. The predicted molar refractivity (Wildman–Crippen MR) is 129 cm³/mol. The minimum absolute atomic E-state index is 0.178. The third-order valence-corrected chi connectivity index (χ3v) is 15.4. The number of rotatable bonds is 4. The Bertz CT molecular complexity index is 750. The molecule has 4 aliphatic carbocycles. The third-order valence-electron chi connectivity index (χ3n) is 10.9. The molecule has 3 nitrogen and oxygen atoms in total. The second-order valence-corrected chi connectivity index (χ2v) is 18.1. The van der Waals surface area contributed by atoms with E-state index in [4.69, 9.17) is 4.43 Å². The van der Waals surface area contributed by atoms with E-state index < -0.39 is 8.32 Å². The maximum Gasteiger partial charge on any atom is 0.192 e. The highest BCUT2D eigenvalue weighted by Crippen LogP contribution is 2.67. The van der Waals surface area contributed by atoms with E-state index >= 15 is 0 Å². The van der Waals surface area contributed by atoms with Crippen molar-refractivity contribution in [3.63, 3.8) is 0 Å². The maximum absolute atomic E-state index is 12.1. The van der Waals surface area contributed by atoms with Gasteiger partial charge in [-0.25, -0.2) is 0 Å². The fourth-order valence-corrected chi connectivity index (χ4v) is 8.88. The molecule has 0 aromatic rings. The van der Waals surface area contributed by atoms with Gasteiger partial charge in [-0.15, -0.1) is 0 Å². The van der Waals surface area contributed by atoms with Crippen LogP contribution in [0.4, 0.5) is 0 Å². The van der Waals surface area contributed by atoms with Crippen molar-refractivity contribution in [2.45, 2.75) is 110 Å². The van der Waals surface area contributed by atoms with Crippen LogP contribution in [0.25, 0.3) is 0 Å².